The smallest absolute Gasteiger partial charge is 0.0746 e. The molecule has 3 aromatic rings. The van der Waals surface area contributed by atoms with Crippen LogP contribution in [-0.4, -0.2) is 32.0 Å². The average Bonchev–Trinajstić information content (AvgIpc) is 3.32. The summed E-state index contributed by atoms with van der Waals surface area (Å²) in [6.07, 6.45) is 8.02. The van der Waals surface area contributed by atoms with Gasteiger partial charge in [-0.05, 0) is 48.9 Å². The summed E-state index contributed by atoms with van der Waals surface area (Å²) in [6.45, 7) is 0. The first-order chi connectivity index (χ1) is 13.7. The van der Waals surface area contributed by atoms with Crippen LogP contribution in [0.4, 0.5) is 0 Å². The Labute approximate surface area is 175 Å². The number of benzene rings is 2. The van der Waals surface area contributed by atoms with E-state index >= 15 is 0 Å². The molecule has 2 unspecified atom stereocenters. The van der Waals surface area contributed by atoms with E-state index in [0.717, 1.165) is 34.0 Å². The lowest BCUT2D eigenvalue weighted by Gasteiger charge is -2.44. The molecule has 0 amide bonds. The summed E-state index contributed by atoms with van der Waals surface area (Å²) in [5.41, 5.74) is 2.26. The van der Waals surface area contributed by atoms with Crippen molar-refractivity contribution in [3.63, 3.8) is 0 Å². The Morgan fingerprint density at radius 2 is 1.25 bits per heavy atom. The van der Waals surface area contributed by atoms with E-state index in [4.69, 9.17) is 23.2 Å². The van der Waals surface area contributed by atoms with Crippen LogP contribution in [0.5, 0.6) is 0 Å². The highest BCUT2D eigenvalue weighted by atomic mass is 35.5. The molecule has 4 nitrogen and oxygen atoms in total. The molecule has 1 aromatic heterocycles. The van der Waals surface area contributed by atoms with Crippen molar-refractivity contribution in [3.8, 4) is 0 Å². The molecular weight excluding hydrogens is 391 g/mol. The number of piperidine rings is 1. The topological polar surface area (TPSA) is 34.0 Å². The molecule has 2 atom stereocenters. The van der Waals surface area contributed by atoms with E-state index in [9.17, 15) is 0 Å². The Bertz CT molecular complexity index is 899. The van der Waals surface area contributed by atoms with Gasteiger partial charge in [0.2, 0.25) is 0 Å². The third-order valence-corrected chi connectivity index (χ3v) is 6.91. The Balaban J connectivity index is 1.56. The Hall–Kier alpha value is -1.88. The molecular formula is C22H22Cl2N4. The fourth-order valence-corrected chi connectivity index (χ4v) is 5.57. The first-order valence-electron chi connectivity index (χ1n) is 9.84. The minimum Gasteiger partial charge on any atom is -0.286 e. The van der Waals surface area contributed by atoms with Crippen LogP contribution in [0.25, 0.3) is 0 Å². The highest BCUT2D eigenvalue weighted by Gasteiger charge is 2.46. The van der Waals surface area contributed by atoms with Gasteiger partial charge in [0.15, 0.2) is 0 Å². The average molecular weight is 413 g/mol. The molecule has 144 valence electrons. The maximum atomic E-state index is 6.67. The van der Waals surface area contributed by atoms with Gasteiger partial charge in [-0.25, -0.2) is 0 Å². The molecule has 28 heavy (non-hydrogen) atoms. The summed E-state index contributed by atoms with van der Waals surface area (Å²) >= 11 is 13.3. The highest BCUT2D eigenvalue weighted by molar-refractivity contribution is 6.32. The number of halogens is 2. The van der Waals surface area contributed by atoms with Gasteiger partial charge in [0.1, 0.15) is 0 Å². The van der Waals surface area contributed by atoms with Crippen molar-refractivity contribution in [1.29, 1.82) is 0 Å². The molecule has 2 aliphatic heterocycles. The number of aromatic nitrogens is 3. The largest absolute Gasteiger partial charge is 0.286 e. The summed E-state index contributed by atoms with van der Waals surface area (Å²) in [5.74, 6) is 0. The lowest BCUT2D eigenvalue weighted by atomic mass is 9.90. The first-order valence-corrected chi connectivity index (χ1v) is 10.6. The number of nitrogens with zero attached hydrogens (tertiary/aromatic N) is 4. The van der Waals surface area contributed by atoms with E-state index in [1.807, 2.05) is 29.1 Å². The Morgan fingerprint density at radius 3 is 1.75 bits per heavy atom. The van der Waals surface area contributed by atoms with E-state index in [1.165, 1.54) is 12.8 Å². The number of hydrogen-bond acceptors (Lipinski definition) is 3. The zero-order valence-corrected chi connectivity index (χ0v) is 17.0. The molecule has 0 radical (unpaired) electrons. The molecule has 2 saturated heterocycles. The van der Waals surface area contributed by atoms with Crippen molar-refractivity contribution in [3.05, 3.63) is 82.1 Å². The summed E-state index contributed by atoms with van der Waals surface area (Å²) in [7, 11) is 0. The van der Waals surface area contributed by atoms with E-state index in [2.05, 4.69) is 39.4 Å². The Kier molecular flexibility index (Phi) is 4.87. The summed E-state index contributed by atoms with van der Waals surface area (Å²) in [4.78, 5) is 4.55. The second-order valence-electron chi connectivity index (χ2n) is 7.75. The molecule has 2 aliphatic rings. The van der Waals surface area contributed by atoms with E-state index in [-0.39, 0.29) is 6.04 Å². The fourth-order valence-electron chi connectivity index (χ4n) is 5.09. The zero-order valence-electron chi connectivity index (χ0n) is 15.5. The van der Waals surface area contributed by atoms with Crippen LogP contribution >= 0.6 is 23.2 Å². The summed E-state index contributed by atoms with van der Waals surface area (Å²) in [5, 5.41) is 10.4. The fraction of sp³-hybridized carbons (Fsp3) is 0.364. The predicted octanol–water partition coefficient (Wildman–Crippen LogP) is 5.54. The predicted molar refractivity (Wildman–Crippen MR) is 112 cm³/mol. The molecule has 0 saturated carbocycles. The second-order valence-corrected chi connectivity index (χ2v) is 8.57. The number of rotatable bonds is 4. The first kappa shape index (κ1) is 18.2. The quantitative estimate of drug-likeness (QED) is 0.563. The second kappa shape index (κ2) is 7.51. The van der Waals surface area contributed by atoms with Crippen LogP contribution in [0.15, 0.2) is 60.9 Å². The highest BCUT2D eigenvalue weighted by Crippen LogP contribution is 2.48. The van der Waals surface area contributed by atoms with Gasteiger partial charge in [-0.15, -0.1) is 0 Å². The van der Waals surface area contributed by atoms with Crippen LogP contribution in [0, 0.1) is 0 Å². The summed E-state index contributed by atoms with van der Waals surface area (Å²) < 4.78 is 0. The molecule has 6 heteroatoms. The van der Waals surface area contributed by atoms with Crippen LogP contribution in [0.3, 0.4) is 0 Å². The van der Waals surface area contributed by atoms with Gasteiger partial charge in [0, 0.05) is 22.1 Å². The number of fused-ring (bicyclic) bond motifs is 2. The van der Waals surface area contributed by atoms with Crippen LogP contribution in [0.1, 0.15) is 48.9 Å². The maximum Gasteiger partial charge on any atom is 0.0746 e. The normalized spacial score (nSPS) is 24.8. The van der Waals surface area contributed by atoms with Crippen molar-refractivity contribution >= 4 is 23.2 Å². The lowest BCUT2D eigenvalue weighted by molar-refractivity contribution is 0.0694. The van der Waals surface area contributed by atoms with Crippen molar-refractivity contribution in [2.45, 2.75) is 49.9 Å². The van der Waals surface area contributed by atoms with E-state index < -0.39 is 0 Å². The molecule has 0 spiro atoms. The van der Waals surface area contributed by atoms with Gasteiger partial charge in [0.25, 0.3) is 0 Å². The van der Waals surface area contributed by atoms with Gasteiger partial charge in [0.05, 0.1) is 24.5 Å². The van der Waals surface area contributed by atoms with Gasteiger partial charge in [-0.1, -0.05) is 59.6 Å². The van der Waals surface area contributed by atoms with Crippen LogP contribution in [-0.2, 0) is 0 Å². The van der Waals surface area contributed by atoms with Gasteiger partial charge in [-0.2, -0.15) is 15.0 Å². The van der Waals surface area contributed by atoms with Gasteiger partial charge in [-0.3, -0.25) is 4.90 Å². The number of hydrogen-bond donors (Lipinski definition) is 0. The zero-order chi connectivity index (χ0) is 19.1. The van der Waals surface area contributed by atoms with E-state index in [1.54, 1.807) is 12.4 Å². The SMILES string of the molecule is Clc1ccccc1C(c1ccccc1Cl)N1C2CCC1CC(n1nccn1)C2. The molecule has 3 heterocycles. The minimum atomic E-state index is 0.0615. The van der Waals surface area contributed by atoms with Crippen LogP contribution < -0.4 is 0 Å². The maximum absolute atomic E-state index is 6.67. The van der Waals surface area contributed by atoms with Gasteiger partial charge < -0.3 is 0 Å². The van der Waals surface area contributed by atoms with E-state index in [0.29, 0.717) is 18.1 Å². The molecule has 2 bridgehead atoms. The van der Waals surface area contributed by atoms with Gasteiger partial charge >= 0.3 is 0 Å². The third-order valence-electron chi connectivity index (χ3n) is 6.23. The monoisotopic (exact) mass is 412 g/mol. The molecule has 5 rings (SSSR count). The van der Waals surface area contributed by atoms with Crippen LogP contribution in [0.2, 0.25) is 10.0 Å². The summed E-state index contributed by atoms with van der Waals surface area (Å²) in [6, 6.07) is 17.7. The lowest BCUT2D eigenvalue weighted by Crippen LogP contribution is -2.46. The van der Waals surface area contributed by atoms with Crippen molar-refractivity contribution in [2.75, 3.05) is 0 Å². The minimum absolute atomic E-state index is 0.0615. The third kappa shape index (κ3) is 3.14. The van der Waals surface area contributed by atoms with Crippen molar-refractivity contribution in [1.82, 2.24) is 19.9 Å². The Morgan fingerprint density at radius 1 is 0.750 bits per heavy atom. The standard InChI is InChI=1S/C22H22Cl2N4/c23-20-7-3-1-5-18(20)22(19-6-2-4-8-21(19)24)27-15-9-10-16(27)14-17(13-15)28-25-11-12-26-28/h1-8,11-12,15-17,22H,9-10,13-14H2. The molecule has 2 aromatic carbocycles. The van der Waals surface area contributed by atoms with Crippen molar-refractivity contribution in [2.24, 2.45) is 0 Å². The molecule has 2 fully saturated rings. The van der Waals surface area contributed by atoms with Crippen molar-refractivity contribution < 1.29 is 0 Å². The molecule has 0 N–H and O–H groups in total. The molecule has 0 aliphatic carbocycles.